The third-order valence-corrected chi connectivity index (χ3v) is 14.6. The number of unbranched alkanes of at least 4 members (excludes halogenated alkanes) is 32. The fourth-order valence-electron chi connectivity index (χ4n) is 9.22. The molecule has 0 aliphatic carbocycles. The summed E-state index contributed by atoms with van der Waals surface area (Å²) in [5, 5.41) is 5.95. The number of ether oxygens (including phenoxy) is 5. The first-order valence-corrected chi connectivity index (χ1v) is 31.1. The zero-order valence-corrected chi connectivity index (χ0v) is 49.0. The van der Waals surface area contributed by atoms with Crippen molar-refractivity contribution in [2.45, 2.75) is 329 Å². The van der Waals surface area contributed by atoms with Crippen LogP contribution in [0.15, 0.2) is 0 Å². The predicted molar refractivity (Wildman–Crippen MR) is 304 cm³/mol. The second-order valence-corrected chi connectivity index (χ2v) is 22.4. The molecule has 2 N–H and O–H groups in total. The van der Waals surface area contributed by atoms with Crippen LogP contribution >= 0.6 is 0 Å². The third kappa shape index (κ3) is 51.7. The van der Waals surface area contributed by atoms with Gasteiger partial charge >= 0.3 is 6.09 Å². The monoisotopic (exact) mass is 1020 g/mol. The minimum atomic E-state index is -0.425. The molecule has 0 aromatic rings. The summed E-state index contributed by atoms with van der Waals surface area (Å²) in [6.07, 6.45) is 49.1. The number of amides is 2. The molecule has 0 fully saturated rings. The van der Waals surface area contributed by atoms with E-state index < -0.39 is 6.09 Å². The number of hydrogen-bond acceptors (Lipinski definition) is 8. The summed E-state index contributed by atoms with van der Waals surface area (Å²) < 4.78 is 30.1. The van der Waals surface area contributed by atoms with E-state index in [0.717, 1.165) is 64.4 Å². The van der Waals surface area contributed by atoms with Gasteiger partial charge in [0.1, 0.15) is 18.5 Å². The molecular weight excluding hydrogens is 901 g/mol. The summed E-state index contributed by atoms with van der Waals surface area (Å²) in [6.45, 7) is 18.7. The zero-order valence-electron chi connectivity index (χ0n) is 49.0. The van der Waals surface area contributed by atoms with E-state index in [9.17, 15) is 14.4 Å². The smallest absolute Gasteiger partial charge is 0.407 e. The molecule has 0 heterocycles. The van der Waals surface area contributed by atoms with Gasteiger partial charge in [-0.25, -0.2) is 4.79 Å². The Bertz CT molecular complexity index is 1190. The van der Waals surface area contributed by atoms with E-state index in [1.54, 1.807) is 6.92 Å². The summed E-state index contributed by atoms with van der Waals surface area (Å²) in [5.41, 5.74) is -0.604. The van der Waals surface area contributed by atoms with Gasteiger partial charge in [0.05, 0.1) is 31.0 Å². The van der Waals surface area contributed by atoms with Crippen LogP contribution in [-0.2, 0) is 33.3 Å². The molecule has 2 amide bonds. The molecule has 72 heavy (non-hydrogen) atoms. The number of carbonyl (C=O) groups excluding carboxylic acids is 3. The third-order valence-electron chi connectivity index (χ3n) is 14.6. The van der Waals surface area contributed by atoms with Gasteiger partial charge in [0.15, 0.2) is 0 Å². The fourth-order valence-corrected chi connectivity index (χ4v) is 9.22. The Kier molecular flexibility index (Phi) is 51.4. The van der Waals surface area contributed by atoms with Crippen molar-refractivity contribution < 1.29 is 38.1 Å². The lowest BCUT2D eigenvalue weighted by Crippen LogP contribution is -2.34. The van der Waals surface area contributed by atoms with Gasteiger partial charge in [0, 0.05) is 39.1 Å². The number of ketones is 1. The predicted octanol–water partition coefficient (Wildman–Crippen LogP) is 17.4. The first-order valence-electron chi connectivity index (χ1n) is 31.1. The number of carbonyl (C=O) groups is 3. The molecule has 2 atom stereocenters. The second-order valence-electron chi connectivity index (χ2n) is 22.4. The maximum absolute atomic E-state index is 12.6. The topological polar surface area (TPSA) is 121 Å². The fraction of sp³-hybridized carbons (Fsp3) is 0.952. The minimum absolute atomic E-state index is 0.0635. The largest absolute Gasteiger partial charge is 0.447 e. The van der Waals surface area contributed by atoms with E-state index >= 15 is 0 Å². The molecule has 0 aliphatic heterocycles. The highest BCUT2D eigenvalue weighted by Crippen LogP contribution is 2.24. The van der Waals surface area contributed by atoms with E-state index in [1.165, 1.54) is 193 Å². The minimum Gasteiger partial charge on any atom is -0.447 e. The Morgan fingerprint density at radius 2 is 0.875 bits per heavy atom. The highest BCUT2D eigenvalue weighted by Gasteiger charge is 2.25. The second kappa shape index (κ2) is 52.7. The molecule has 0 saturated carbocycles. The summed E-state index contributed by atoms with van der Waals surface area (Å²) in [6, 6.07) is 0. The van der Waals surface area contributed by atoms with Crippen LogP contribution in [0.4, 0.5) is 4.79 Å². The highest BCUT2D eigenvalue weighted by atomic mass is 16.6. The Labute approximate surface area is 446 Å². The number of Topliss-reactive ketones (excluding diaryl/α,β-unsaturated/α-hetero) is 1. The van der Waals surface area contributed by atoms with Crippen molar-refractivity contribution in [1.29, 1.82) is 0 Å². The van der Waals surface area contributed by atoms with E-state index in [2.05, 4.69) is 38.3 Å². The quantitative estimate of drug-likeness (QED) is 0.0578. The van der Waals surface area contributed by atoms with Crippen LogP contribution < -0.4 is 10.6 Å². The van der Waals surface area contributed by atoms with Gasteiger partial charge < -0.3 is 34.3 Å². The number of rotatable bonds is 58. The van der Waals surface area contributed by atoms with Crippen molar-refractivity contribution in [1.82, 2.24) is 10.6 Å². The van der Waals surface area contributed by atoms with Crippen LogP contribution in [0.25, 0.3) is 0 Å². The first kappa shape index (κ1) is 70.2. The average molecular weight is 1020 g/mol. The Hall–Kier alpha value is -1.75. The van der Waals surface area contributed by atoms with Crippen molar-refractivity contribution in [3.63, 3.8) is 0 Å². The molecule has 0 aromatic carbocycles. The molecule has 0 spiro atoms. The molecule has 428 valence electrons. The molecule has 0 aromatic heterocycles. The molecule has 0 rings (SSSR count). The number of nitrogens with one attached hydrogen (secondary N) is 2. The normalized spacial score (nSPS) is 13.0. The zero-order chi connectivity index (χ0) is 52.9. The van der Waals surface area contributed by atoms with E-state index in [-0.39, 0.29) is 35.6 Å². The Balaban J connectivity index is 4.34. The van der Waals surface area contributed by atoms with Crippen molar-refractivity contribution >= 4 is 17.8 Å². The molecule has 0 aliphatic rings. The molecule has 10 heteroatoms. The van der Waals surface area contributed by atoms with Crippen LogP contribution in [0.2, 0.25) is 0 Å². The van der Waals surface area contributed by atoms with Gasteiger partial charge in [0.25, 0.3) is 0 Å². The van der Waals surface area contributed by atoms with Crippen molar-refractivity contribution in [2.24, 2.45) is 0 Å². The van der Waals surface area contributed by atoms with Crippen molar-refractivity contribution in [3.05, 3.63) is 0 Å². The van der Waals surface area contributed by atoms with Gasteiger partial charge in [-0.15, -0.1) is 0 Å². The van der Waals surface area contributed by atoms with Crippen LogP contribution in [-0.4, -0.2) is 87.8 Å². The average Bonchev–Trinajstić information content (AvgIpc) is 3.35. The van der Waals surface area contributed by atoms with E-state index in [4.69, 9.17) is 23.7 Å². The highest BCUT2D eigenvalue weighted by molar-refractivity contribution is 5.76. The molecule has 10 nitrogen and oxygen atoms in total. The standard InChI is InChI=1S/C62H122N2O8/c1-8-11-13-15-17-19-21-23-25-27-29-31-33-35-37-42-51-68-55-58(69-52-43-38-36-34-32-30-28-26-24-22-20-18-16-14-12-9-2)56-70-60(67)64-49-41-39-40-45-59(66)63-50-44-47-62(7,10-3)72-54-48-61(5,6)71-53-46-57(4)65/h58H,8-56H2,1-7H3,(H,63,66)(H,64,67). The van der Waals surface area contributed by atoms with Gasteiger partial charge in [-0.2, -0.15) is 0 Å². The summed E-state index contributed by atoms with van der Waals surface area (Å²) >= 11 is 0. The first-order chi connectivity index (χ1) is 35.0. The maximum Gasteiger partial charge on any atom is 0.407 e. The van der Waals surface area contributed by atoms with Gasteiger partial charge in [0.2, 0.25) is 5.91 Å². The van der Waals surface area contributed by atoms with Crippen molar-refractivity contribution in [2.75, 3.05) is 52.7 Å². The molecule has 0 bridgehead atoms. The lowest BCUT2D eigenvalue weighted by Gasteiger charge is -2.32. The summed E-state index contributed by atoms with van der Waals surface area (Å²) in [4.78, 5) is 36.4. The summed E-state index contributed by atoms with van der Waals surface area (Å²) in [5.74, 6) is 0.199. The number of hydrogen-bond donors (Lipinski definition) is 2. The maximum atomic E-state index is 12.6. The molecule has 0 radical (unpaired) electrons. The lowest BCUT2D eigenvalue weighted by atomic mass is 9.96. The SMILES string of the molecule is CCCCCCCCCCCCCCCCCCOCC(COC(=O)NCCCCCC(=O)NCCCC(C)(CC)OCCC(C)(C)OCCC(C)=O)OCCCCCCCCCCCCCCCCCC. The molecular formula is C62H122N2O8. The van der Waals surface area contributed by atoms with Crippen LogP contribution in [0.3, 0.4) is 0 Å². The molecule has 0 saturated heterocycles. The Morgan fingerprint density at radius 3 is 1.35 bits per heavy atom. The van der Waals surface area contributed by atoms with Gasteiger partial charge in [-0.1, -0.05) is 220 Å². The molecule has 2 unspecified atom stereocenters. The van der Waals surface area contributed by atoms with Gasteiger partial charge in [-0.3, -0.25) is 9.59 Å². The lowest BCUT2D eigenvalue weighted by molar-refractivity contribution is -0.122. The van der Waals surface area contributed by atoms with Gasteiger partial charge in [-0.05, 0) is 79.1 Å². The van der Waals surface area contributed by atoms with Crippen molar-refractivity contribution in [3.8, 4) is 0 Å². The Morgan fingerprint density at radius 1 is 0.431 bits per heavy atom. The van der Waals surface area contributed by atoms with Crippen LogP contribution in [0, 0.1) is 0 Å². The van der Waals surface area contributed by atoms with E-state index in [1.807, 2.05) is 13.8 Å². The van der Waals surface area contributed by atoms with E-state index in [0.29, 0.717) is 52.4 Å². The summed E-state index contributed by atoms with van der Waals surface area (Å²) in [7, 11) is 0. The van der Waals surface area contributed by atoms with Crippen LogP contribution in [0.5, 0.6) is 0 Å². The number of alkyl carbamates (subject to hydrolysis) is 1. The van der Waals surface area contributed by atoms with Crippen LogP contribution in [0.1, 0.15) is 312 Å².